The molecule has 21 heavy (non-hydrogen) atoms. The van der Waals surface area contributed by atoms with Crippen LogP contribution in [0.15, 0.2) is 42.5 Å². The second-order valence-electron chi connectivity index (χ2n) is 4.68. The SMILES string of the molecule is CCOc1ccc2c(c1)sc(=N)n2Cc1ccc(Cl)cc1. The van der Waals surface area contributed by atoms with Crippen molar-refractivity contribution in [1.29, 1.82) is 5.41 Å². The number of ether oxygens (including phenoxy) is 1. The first kappa shape index (κ1) is 14.2. The van der Waals surface area contributed by atoms with Crippen molar-refractivity contribution in [3.8, 4) is 5.75 Å². The van der Waals surface area contributed by atoms with Gasteiger partial charge < -0.3 is 9.30 Å². The third-order valence-electron chi connectivity index (χ3n) is 3.24. The molecule has 0 saturated carbocycles. The molecule has 0 saturated heterocycles. The summed E-state index contributed by atoms with van der Waals surface area (Å²) in [6, 6.07) is 13.7. The average Bonchev–Trinajstić information content (AvgIpc) is 2.77. The van der Waals surface area contributed by atoms with E-state index in [1.54, 1.807) is 0 Å². The second-order valence-corrected chi connectivity index (χ2v) is 6.15. The van der Waals surface area contributed by atoms with E-state index in [0.717, 1.165) is 26.6 Å². The van der Waals surface area contributed by atoms with E-state index in [-0.39, 0.29) is 0 Å². The summed E-state index contributed by atoms with van der Waals surface area (Å²) in [7, 11) is 0. The molecule has 1 heterocycles. The molecule has 0 spiro atoms. The Kier molecular flexibility index (Phi) is 3.99. The predicted molar refractivity (Wildman–Crippen MR) is 87.4 cm³/mol. The minimum Gasteiger partial charge on any atom is -0.494 e. The Bertz CT molecular complexity index is 820. The van der Waals surface area contributed by atoms with Crippen LogP contribution in [0.2, 0.25) is 5.02 Å². The van der Waals surface area contributed by atoms with E-state index in [4.69, 9.17) is 21.7 Å². The van der Waals surface area contributed by atoms with Gasteiger partial charge in [-0.05, 0) is 42.8 Å². The number of nitrogens with one attached hydrogen (secondary N) is 1. The predicted octanol–water partition coefficient (Wildman–Crippen LogP) is 4.28. The molecule has 0 radical (unpaired) electrons. The fourth-order valence-corrected chi connectivity index (χ4v) is 3.32. The maximum absolute atomic E-state index is 8.18. The lowest BCUT2D eigenvalue weighted by Gasteiger charge is -2.06. The van der Waals surface area contributed by atoms with E-state index in [1.807, 2.05) is 54.0 Å². The van der Waals surface area contributed by atoms with Crippen molar-refractivity contribution in [3.63, 3.8) is 0 Å². The second kappa shape index (κ2) is 5.92. The quantitative estimate of drug-likeness (QED) is 0.766. The molecule has 1 aromatic heterocycles. The maximum Gasteiger partial charge on any atom is 0.183 e. The van der Waals surface area contributed by atoms with Gasteiger partial charge in [0.25, 0.3) is 0 Å². The van der Waals surface area contributed by atoms with Gasteiger partial charge in [0, 0.05) is 5.02 Å². The third-order valence-corrected chi connectivity index (χ3v) is 4.45. The monoisotopic (exact) mass is 318 g/mol. The topological polar surface area (TPSA) is 38.0 Å². The van der Waals surface area contributed by atoms with Gasteiger partial charge >= 0.3 is 0 Å². The largest absolute Gasteiger partial charge is 0.494 e. The lowest BCUT2D eigenvalue weighted by molar-refractivity contribution is 0.341. The molecular weight excluding hydrogens is 304 g/mol. The molecule has 0 atom stereocenters. The Morgan fingerprint density at radius 3 is 2.67 bits per heavy atom. The highest BCUT2D eigenvalue weighted by atomic mass is 35.5. The van der Waals surface area contributed by atoms with Crippen LogP contribution in [0.4, 0.5) is 0 Å². The minimum atomic E-state index is 0.536. The zero-order valence-electron chi connectivity index (χ0n) is 11.6. The zero-order chi connectivity index (χ0) is 14.8. The van der Waals surface area contributed by atoms with Crippen LogP contribution in [0.5, 0.6) is 5.75 Å². The van der Waals surface area contributed by atoms with Crippen LogP contribution in [-0.4, -0.2) is 11.2 Å². The molecule has 1 N–H and O–H groups in total. The van der Waals surface area contributed by atoms with Gasteiger partial charge in [0.2, 0.25) is 0 Å². The van der Waals surface area contributed by atoms with Gasteiger partial charge in [0.15, 0.2) is 4.80 Å². The first-order valence-corrected chi connectivity index (χ1v) is 7.92. The first-order chi connectivity index (χ1) is 10.2. The fraction of sp³-hybridized carbons (Fsp3) is 0.188. The Balaban J connectivity index is 2.00. The lowest BCUT2D eigenvalue weighted by atomic mass is 10.2. The maximum atomic E-state index is 8.18. The van der Waals surface area contributed by atoms with Crippen molar-refractivity contribution in [2.24, 2.45) is 0 Å². The fourth-order valence-electron chi connectivity index (χ4n) is 2.25. The summed E-state index contributed by atoms with van der Waals surface area (Å²) in [6.45, 7) is 3.29. The normalized spacial score (nSPS) is 11.0. The van der Waals surface area contributed by atoms with Gasteiger partial charge in [0.1, 0.15) is 5.75 Å². The van der Waals surface area contributed by atoms with Crippen LogP contribution in [0.3, 0.4) is 0 Å². The molecule has 0 unspecified atom stereocenters. The number of hydrogen-bond donors (Lipinski definition) is 1. The van der Waals surface area contributed by atoms with E-state index >= 15 is 0 Å². The number of benzene rings is 2. The molecule has 0 aliphatic rings. The Morgan fingerprint density at radius 1 is 1.19 bits per heavy atom. The highest BCUT2D eigenvalue weighted by Gasteiger charge is 2.07. The molecule has 108 valence electrons. The number of fused-ring (bicyclic) bond motifs is 1. The van der Waals surface area contributed by atoms with Crippen LogP contribution in [-0.2, 0) is 6.54 Å². The smallest absolute Gasteiger partial charge is 0.183 e. The molecule has 2 aromatic carbocycles. The number of aromatic nitrogens is 1. The average molecular weight is 319 g/mol. The molecule has 0 amide bonds. The summed E-state index contributed by atoms with van der Waals surface area (Å²) in [5.41, 5.74) is 2.19. The molecule has 0 aliphatic heterocycles. The van der Waals surface area contributed by atoms with Crippen molar-refractivity contribution in [2.75, 3.05) is 6.61 Å². The van der Waals surface area contributed by atoms with E-state index in [2.05, 4.69) is 0 Å². The van der Waals surface area contributed by atoms with Gasteiger partial charge in [-0.1, -0.05) is 35.1 Å². The van der Waals surface area contributed by atoms with Crippen LogP contribution in [0, 0.1) is 5.41 Å². The van der Waals surface area contributed by atoms with Crippen LogP contribution < -0.4 is 9.54 Å². The molecule has 3 rings (SSSR count). The van der Waals surface area contributed by atoms with E-state index in [9.17, 15) is 0 Å². The Morgan fingerprint density at radius 2 is 1.95 bits per heavy atom. The molecule has 3 nitrogen and oxygen atoms in total. The minimum absolute atomic E-state index is 0.536. The van der Waals surface area contributed by atoms with Crippen molar-refractivity contribution < 1.29 is 4.74 Å². The zero-order valence-corrected chi connectivity index (χ0v) is 13.2. The number of rotatable bonds is 4. The van der Waals surface area contributed by atoms with E-state index in [0.29, 0.717) is 18.0 Å². The summed E-state index contributed by atoms with van der Waals surface area (Å²) >= 11 is 7.38. The van der Waals surface area contributed by atoms with Gasteiger partial charge in [0.05, 0.1) is 23.4 Å². The van der Waals surface area contributed by atoms with Crippen molar-refractivity contribution >= 4 is 33.2 Å². The highest BCUT2D eigenvalue weighted by Crippen LogP contribution is 2.24. The van der Waals surface area contributed by atoms with E-state index < -0.39 is 0 Å². The summed E-state index contributed by atoms with van der Waals surface area (Å²) in [6.07, 6.45) is 0. The summed E-state index contributed by atoms with van der Waals surface area (Å²) < 4.78 is 8.58. The van der Waals surface area contributed by atoms with Crippen LogP contribution >= 0.6 is 22.9 Å². The third kappa shape index (κ3) is 2.96. The molecule has 3 aromatic rings. The van der Waals surface area contributed by atoms with Crippen molar-refractivity contribution in [1.82, 2.24) is 4.57 Å². The molecular formula is C16H15ClN2OS. The number of hydrogen-bond acceptors (Lipinski definition) is 3. The summed E-state index contributed by atoms with van der Waals surface area (Å²) in [5, 5.41) is 8.91. The van der Waals surface area contributed by atoms with Crippen molar-refractivity contribution in [2.45, 2.75) is 13.5 Å². The lowest BCUT2D eigenvalue weighted by Crippen LogP contribution is -2.13. The number of thiazole rings is 1. The van der Waals surface area contributed by atoms with Gasteiger partial charge in [-0.2, -0.15) is 0 Å². The number of nitrogens with zero attached hydrogens (tertiary/aromatic N) is 1. The number of halogens is 1. The van der Waals surface area contributed by atoms with Crippen LogP contribution in [0.25, 0.3) is 10.2 Å². The summed E-state index contributed by atoms with van der Waals surface area (Å²) in [4.78, 5) is 0.536. The van der Waals surface area contributed by atoms with Gasteiger partial charge in [-0.25, -0.2) is 0 Å². The standard InChI is InChI=1S/C16H15ClN2OS/c1-2-20-13-7-8-14-15(9-13)21-16(18)19(14)10-11-3-5-12(17)6-4-11/h3-9,18H,2,10H2,1H3. The Hall–Kier alpha value is -1.78. The Labute approximate surface area is 131 Å². The van der Waals surface area contributed by atoms with E-state index in [1.165, 1.54) is 11.3 Å². The highest BCUT2D eigenvalue weighted by molar-refractivity contribution is 7.16. The molecule has 0 aliphatic carbocycles. The summed E-state index contributed by atoms with van der Waals surface area (Å²) in [5.74, 6) is 0.852. The van der Waals surface area contributed by atoms with Gasteiger partial charge in [-0.3, -0.25) is 5.41 Å². The molecule has 0 bridgehead atoms. The van der Waals surface area contributed by atoms with Crippen molar-refractivity contribution in [3.05, 3.63) is 57.9 Å². The van der Waals surface area contributed by atoms with Gasteiger partial charge in [-0.15, -0.1) is 0 Å². The molecule has 5 heteroatoms. The van der Waals surface area contributed by atoms with Crippen LogP contribution in [0.1, 0.15) is 12.5 Å². The molecule has 0 fully saturated rings. The first-order valence-electron chi connectivity index (χ1n) is 6.72.